The van der Waals surface area contributed by atoms with Gasteiger partial charge in [0.1, 0.15) is 0 Å². The molecular formula is C9H9N5O2S. The first-order chi connectivity index (χ1) is 8.06. The van der Waals surface area contributed by atoms with Gasteiger partial charge in [0.15, 0.2) is 16.5 Å². The molecule has 7 nitrogen and oxygen atoms in total. The second-order valence-corrected chi connectivity index (χ2v) is 4.43. The second-order valence-electron chi connectivity index (χ2n) is 3.31. The number of nitrogens with two attached hydrogens (primary N) is 1. The summed E-state index contributed by atoms with van der Waals surface area (Å²) in [6.07, 6.45) is 2.89. The van der Waals surface area contributed by atoms with Gasteiger partial charge in [-0.2, -0.15) is 9.90 Å². The summed E-state index contributed by atoms with van der Waals surface area (Å²) in [6, 6.07) is 0. The van der Waals surface area contributed by atoms with Crippen LogP contribution in [0.3, 0.4) is 0 Å². The lowest BCUT2D eigenvalue weighted by atomic mass is 10.5. The number of Topliss-reactive ketones (excluding diaryl/α,β-unsaturated/α-hetero) is 1. The van der Waals surface area contributed by atoms with Crippen molar-refractivity contribution in [2.45, 2.75) is 13.5 Å². The van der Waals surface area contributed by atoms with Gasteiger partial charge in [0.05, 0.1) is 12.7 Å². The fourth-order valence-corrected chi connectivity index (χ4v) is 1.95. The molecule has 0 aliphatic rings. The Morgan fingerprint density at radius 2 is 2.24 bits per heavy atom. The first-order valence-electron chi connectivity index (χ1n) is 4.72. The molecule has 0 aromatic carbocycles. The van der Waals surface area contributed by atoms with Crippen molar-refractivity contribution in [3.8, 4) is 0 Å². The number of hydrogen-bond acceptors (Lipinski definition) is 6. The summed E-state index contributed by atoms with van der Waals surface area (Å²) in [6.45, 7) is 1.82. The monoisotopic (exact) mass is 251 g/mol. The van der Waals surface area contributed by atoms with Crippen molar-refractivity contribution in [1.82, 2.24) is 20.0 Å². The van der Waals surface area contributed by atoms with Gasteiger partial charge in [0.25, 0.3) is 5.91 Å². The highest BCUT2D eigenvalue weighted by molar-refractivity contribution is 7.13. The summed E-state index contributed by atoms with van der Waals surface area (Å²) in [5.74, 6) is -0.697. The van der Waals surface area contributed by atoms with E-state index < -0.39 is 5.91 Å². The van der Waals surface area contributed by atoms with E-state index in [-0.39, 0.29) is 11.5 Å². The maximum atomic E-state index is 11.1. The van der Waals surface area contributed by atoms with Gasteiger partial charge in [-0.1, -0.05) is 0 Å². The second kappa shape index (κ2) is 4.42. The van der Waals surface area contributed by atoms with Gasteiger partial charge in [-0.05, 0) is 0 Å². The van der Waals surface area contributed by atoms with Crippen molar-refractivity contribution in [2.75, 3.05) is 0 Å². The van der Waals surface area contributed by atoms with Crippen LogP contribution in [0.25, 0.3) is 0 Å². The van der Waals surface area contributed by atoms with E-state index in [0.29, 0.717) is 11.6 Å². The molecule has 0 aliphatic heterocycles. The molecule has 0 fully saturated rings. The van der Waals surface area contributed by atoms with E-state index in [0.717, 1.165) is 4.88 Å². The highest BCUT2D eigenvalue weighted by atomic mass is 32.1. The summed E-state index contributed by atoms with van der Waals surface area (Å²) in [5, 5.41) is 8.22. The Kier molecular flexibility index (Phi) is 2.96. The number of carbonyl (C=O) groups excluding carboxylic acids is 2. The van der Waals surface area contributed by atoms with Gasteiger partial charge in [0, 0.05) is 18.0 Å². The van der Waals surface area contributed by atoms with Crippen molar-refractivity contribution in [2.24, 2.45) is 5.73 Å². The summed E-state index contributed by atoms with van der Waals surface area (Å²) in [4.78, 5) is 28.0. The van der Waals surface area contributed by atoms with Crippen LogP contribution in [0.1, 0.15) is 32.1 Å². The van der Waals surface area contributed by atoms with Gasteiger partial charge in [-0.25, -0.2) is 4.98 Å². The number of primary amides is 1. The van der Waals surface area contributed by atoms with Crippen LogP contribution in [-0.2, 0) is 6.54 Å². The van der Waals surface area contributed by atoms with E-state index in [1.165, 1.54) is 29.3 Å². The van der Waals surface area contributed by atoms with Crippen LogP contribution in [0.15, 0.2) is 12.4 Å². The third kappa shape index (κ3) is 2.53. The predicted octanol–water partition coefficient (Wildman–Crippen LogP) is 0.0844. The number of hydrogen-bond donors (Lipinski definition) is 1. The van der Waals surface area contributed by atoms with Crippen molar-refractivity contribution in [3.05, 3.63) is 28.0 Å². The zero-order valence-electron chi connectivity index (χ0n) is 8.95. The summed E-state index contributed by atoms with van der Waals surface area (Å²) in [5.41, 5.74) is 5.17. The molecule has 1 amide bonds. The van der Waals surface area contributed by atoms with E-state index in [1.807, 2.05) is 0 Å². The lowest BCUT2D eigenvalue weighted by Gasteiger charge is -1.94. The normalized spacial score (nSPS) is 10.4. The average molecular weight is 251 g/mol. The van der Waals surface area contributed by atoms with Crippen LogP contribution in [0.2, 0.25) is 0 Å². The molecule has 2 aromatic heterocycles. The molecule has 0 radical (unpaired) electrons. The van der Waals surface area contributed by atoms with E-state index in [4.69, 9.17) is 5.73 Å². The van der Waals surface area contributed by atoms with Crippen LogP contribution in [0.5, 0.6) is 0 Å². The number of carbonyl (C=O) groups is 2. The van der Waals surface area contributed by atoms with Gasteiger partial charge in [-0.3, -0.25) is 9.59 Å². The minimum absolute atomic E-state index is 0.0764. The SMILES string of the molecule is CC(=O)c1ncc(Cn2ncc(C(N)=O)n2)s1. The highest BCUT2D eigenvalue weighted by Crippen LogP contribution is 2.14. The Bertz CT molecular complexity index is 523. The summed E-state index contributed by atoms with van der Waals surface area (Å²) >= 11 is 1.28. The molecular weight excluding hydrogens is 242 g/mol. The molecule has 0 unspecified atom stereocenters. The van der Waals surface area contributed by atoms with Crippen LogP contribution in [0, 0.1) is 0 Å². The molecule has 2 heterocycles. The Morgan fingerprint density at radius 1 is 1.47 bits per heavy atom. The van der Waals surface area contributed by atoms with Crippen molar-refractivity contribution < 1.29 is 9.59 Å². The molecule has 8 heteroatoms. The van der Waals surface area contributed by atoms with Crippen molar-refractivity contribution >= 4 is 23.0 Å². The topological polar surface area (TPSA) is 104 Å². The van der Waals surface area contributed by atoms with Gasteiger partial charge < -0.3 is 5.73 Å². The number of aromatic nitrogens is 4. The van der Waals surface area contributed by atoms with Crippen molar-refractivity contribution in [3.63, 3.8) is 0 Å². The highest BCUT2D eigenvalue weighted by Gasteiger charge is 2.09. The Labute approximate surface area is 100 Å². The average Bonchev–Trinajstić information content (AvgIpc) is 2.87. The Hall–Kier alpha value is -2.09. The molecule has 0 spiro atoms. The zero-order valence-corrected chi connectivity index (χ0v) is 9.77. The van der Waals surface area contributed by atoms with Crippen LogP contribution in [-0.4, -0.2) is 31.7 Å². The molecule has 2 N–H and O–H groups in total. The molecule has 0 bridgehead atoms. The molecule has 0 saturated carbocycles. The van der Waals surface area contributed by atoms with Crippen LogP contribution < -0.4 is 5.73 Å². The lowest BCUT2D eigenvalue weighted by Crippen LogP contribution is -2.12. The van der Waals surface area contributed by atoms with Gasteiger partial charge in [0.2, 0.25) is 0 Å². The molecule has 2 rings (SSSR count). The quantitative estimate of drug-likeness (QED) is 0.775. The molecule has 88 valence electrons. The molecule has 0 saturated heterocycles. The number of thiazole rings is 1. The number of ketones is 1. The van der Waals surface area contributed by atoms with Crippen LogP contribution >= 0.6 is 11.3 Å². The smallest absolute Gasteiger partial charge is 0.270 e. The minimum Gasteiger partial charge on any atom is -0.364 e. The Balaban J connectivity index is 2.13. The first-order valence-corrected chi connectivity index (χ1v) is 5.53. The minimum atomic E-state index is -0.620. The zero-order chi connectivity index (χ0) is 12.4. The standard InChI is InChI=1S/C9H9N5O2S/c1-5(15)9-11-2-6(17-9)4-14-12-3-7(13-14)8(10)16/h2-3H,4H2,1H3,(H2,10,16). The van der Waals surface area contributed by atoms with Gasteiger partial charge in [-0.15, -0.1) is 16.4 Å². The van der Waals surface area contributed by atoms with Crippen LogP contribution in [0.4, 0.5) is 0 Å². The fraction of sp³-hybridized carbons (Fsp3) is 0.222. The Morgan fingerprint density at radius 3 is 2.76 bits per heavy atom. The van der Waals surface area contributed by atoms with E-state index in [1.54, 1.807) is 6.20 Å². The summed E-state index contributed by atoms with van der Waals surface area (Å²) < 4.78 is 0. The number of amides is 1. The van der Waals surface area contributed by atoms with Crippen molar-refractivity contribution in [1.29, 1.82) is 0 Å². The largest absolute Gasteiger partial charge is 0.364 e. The molecule has 17 heavy (non-hydrogen) atoms. The number of nitrogens with zero attached hydrogens (tertiary/aromatic N) is 4. The number of rotatable bonds is 4. The van der Waals surface area contributed by atoms with E-state index in [2.05, 4.69) is 15.2 Å². The lowest BCUT2D eigenvalue weighted by molar-refractivity contribution is 0.0991. The molecule has 0 atom stereocenters. The fourth-order valence-electron chi connectivity index (χ4n) is 1.17. The van der Waals surface area contributed by atoms with E-state index >= 15 is 0 Å². The third-order valence-corrected chi connectivity index (χ3v) is 3.02. The van der Waals surface area contributed by atoms with Gasteiger partial charge >= 0.3 is 0 Å². The predicted molar refractivity (Wildman–Crippen MR) is 59.8 cm³/mol. The molecule has 2 aromatic rings. The summed E-state index contributed by atoms with van der Waals surface area (Å²) in [7, 11) is 0. The molecule has 0 aliphatic carbocycles. The third-order valence-electron chi connectivity index (χ3n) is 1.94. The first kappa shape index (κ1) is 11.4. The van der Waals surface area contributed by atoms with E-state index in [9.17, 15) is 9.59 Å². The maximum Gasteiger partial charge on any atom is 0.270 e. The maximum absolute atomic E-state index is 11.1.